The summed E-state index contributed by atoms with van der Waals surface area (Å²) in [6, 6.07) is 11.6. The highest BCUT2D eigenvalue weighted by molar-refractivity contribution is 5.79. The van der Waals surface area contributed by atoms with E-state index in [1.54, 1.807) is 27.5 Å². The van der Waals surface area contributed by atoms with Gasteiger partial charge in [0.05, 0.1) is 33.1 Å². The van der Waals surface area contributed by atoms with Gasteiger partial charge in [-0.15, -0.1) is 0 Å². The number of aromatic amines is 1. The van der Waals surface area contributed by atoms with E-state index in [0.29, 0.717) is 17.2 Å². The van der Waals surface area contributed by atoms with Crippen molar-refractivity contribution >= 4 is 0 Å². The predicted octanol–water partition coefficient (Wildman–Crippen LogP) is 3.16. The summed E-state index contributed by atoms with van der Waals surface area (Å²) in [5.74, 6) is 2.06. The number of rotatable bonds is 5. The molecule has 1 aromatic heterocycles. The van der Waals surface area contributed by atoms with Crippen LogP contribution in [0.3, 0.4) is 0 Å². The zero-order valence-corrected chi connectivity index (χ0v) is 13.2. The fraction of sp³-hybridized carbons (Fsp3) is 0.176. The molecule has 0 atom stereocenters. The van der Waals surface area contributed by atoms with Crippen LogP contribution in [-0.4, -0.2) is 36.7 Å². The Morgan fingerprint density at radius 1 is 0.826 bits per heavy atom. The van der Waals surface area contributed by atoms with Gasteiger partial charge in [-0.25, -0.2) is 0 Å². The Morgan fingerprint density at radius 3 is 1.91 bits per heavy atom. The van der Waals surface area contributed by atoms with E-state index in [1.807, 2.05) is 36.4 Å². The van der Waals surface area contributed by atoms with Crippen LogP contribution in [0.15, 0.2) is 42.6 Å². The molecule has 6 heteroatoms. The number of methoxy groups -OCH3 is 3. The van der Waals surface area contributed by atoms with E-state index in [4.69, 9.17) is 14.2 Å². The molecule has 0 saturated heterocycles. The molecule has 0 spiro atoms. The minimum absolute atomic E-state index is 0.682. The summed E-state index contributed by atoms with van der Waals surface area (Å²) in [5, 5.41) is 10.5. The zero-order chi connectivity index (χ0) is 16.2. The van der Waals surface area contributed by atoms with Crippen molar-refractivity contribution in [3.05, 3.63) is 42.6 Å². The Labute approximate surface area is 134 Å². The summed E-state index contributed by atoms with van der Waals surface area (Å²) in [7, 11) is 4.86. The SMILES string of the molecule is COc1cc(OC)c(-c2ccc(-c3cn[nH]n3)cc2)c(OC)c1. The Morgan fingerprint density at radius 2 is 1.43 bits per heavy atom. The van der Waals surface area contributed by atoms with Crippen molar-refractivity contribution in [2.24, 2.45) is 0 Å². The number of hydrogen-bond donors (Lipinski definition) is 1. The van der Waals surface area contributed by atoms with Gasteiger partial charge in [-0.3, -0.25) is 0 Å². The van der Waals surface area contributed by atoms with Crippen LogP contribution < -0.4 is 14.2 Å². The van der Waals surface area contributed by atoms with E-state index in [2.05, 4.69) is 15.4 Å². The van der Waals surface area contributed by atoms with Gasteiger partial charge in [0.1, 0.15) is 22.9 Å². The minimum Gasteiger partial charge on any atom is -0.496 e. The molecule has 3 aromatic rings. The van der Waals surface area contributed by atoms with Crippen molar-refractivity contribution in [2.45, 2.75) is 0 Å². The number of benzene rings is 2. The number of nitrogens with zero attached hydrogens (tertiary/aromatic N) is 2. The molecule has 23 heavy (non-hydrogen) atoms. The minimum atomic E-state index is 0.682. The summed E-state index contributed by atoms with van der Waals surface area (Å²) in [4.78, 5) is 0. The molecular formula is C17H17N3O3. The first kappa shape index (κ1) is 14.9. The monoisotopic (exact) mass is 311 g/mol. The predicted molar refractivity (Wildman–Crippen MR) is 86.9 cm³/mol. The van der Waals surface area contributed by atoms with Gasteiger partial charge in [0.2, 0.25) is 0 Å². The van der Waals surface area contributed by atoms with E-state index in [-0.39, 0.29) is 0 Å². The molecular weight excluding hydrogens is 294 g/mol. The first-order valence-electron chi connectivity index (χ1n) is 7.03. The summed E-state index contributed by atoms with van der Waals surface area (Å²) in [6.45, 7) is 0. The first-order chi connectivity index (χ1) is 11.3. The number of ether oxygens (including phenoxy) is 3. The van der Waals surface area contributed by atoms with Crippen LogP contribution in [0.25, 0.3) is 22.4 Å². The molecule has 0 radical (unpaired) electrons. The van der Waals surface area contributed by atoms with Crippen molar-refractivity contribution in [3.63, 3.8) is 0 Å². The van der Waals surface area contributed by atoms with Crippen molar-refractivity contribution < 1.29 is 14.2 Å². The molecule has 118 valence electrons. The van der Waals surface area contributed by atoms with E-state index in [9.17, 15) is 0 Å². The van der Waals surface area contributed by atoms with Crippen LogP contribution in [-0.2, 0) is 0 Å². The third-order valence-corrected chi connectivity index (χ3v) is 3.60. The van der Waals surface area contributed by atoms with Gasteiger partial charge in [-0.1, -0.05) is 24.3 Å². The zero-order valence-electron chi connectivity index (χ0n) is 13.2. The third kappa shape index (κ3) is 2.83. The third-order valence-electron chi connectivity index (χ3n) is 3.60. The van der Waals surface area contributed by atoms with E-state index in [0.717, 1.165) is 22.4 Å². The van der Waals surface area contributed by atoms with Crippen LogP contribution >= 0.6 is 0 Å². The van der Waals surface area contributed by atoms with Crippen LogP contribution in [0.2, 0.25) is 0 Å². The van der Waals surface area contributed by atoms with E-state index >= 15 is 0 Å². The van der Waals surface area contributed by atoms with E-state index in [1.165, 1.54) is 0 Å². The maximum atomic E-state index is 5.50. The second kappa shape index (κ2) is 6.39. The van der Waals surface area contributed by atoms with Crippen molar-refractivity contribution in [1.82, 2.24) is 15.4 Å². The topological polar surface area (TPSA) is 69.3 Å². The number of H-pyrrole nitrogens is 1. The molecule has 0 amide bonds. The maximum absolute atomic E-state index is 5.50. The van der Waals surface area contributed by atoms with Gasteiger partial charge in [0.25, 0.3) is 0 Å². The van der Waals surface area contributed by atoms with Crippen LogP contribution in [0, 0.1) is 0 Å². The molecule has 6 nitrogen and oxygen atoms in total. The van der Waals surface area contributed by atoms with Gasteiger partial charge in [0.15, 0.2) is 0 Å². The fourth-order valence-electron chi connectivity index (χ4n) is 2.44. The second-order valence-electron chi connectivity index (χ2n) is 4.84. The lowest BCUT2D eigenvalue weighted by atomic mass is 10.0. The standard InChI is InChI=1S/C17H17N3O3/c1-21-13-8-15(22-2)17(16(9-13)23-3)12-6-4-11(5-7-12)14-10-18-20-19-14/h4-10H,1-3H3,(H,18,19,20). The number of hydrogen-bond acceptors (Lipinski definition) is 5. The highest BCUT2D eigenvalue weighted by Gasteiger charge is 2.15. The summed E-state index contributed by atoms with van der Waals surface area (Å²) >= 11 is 0. The molecule has 0 aliphatic rings. The van der Waals surface area contributed by atoms with Gasteiger partial charge in [-0.05, 0) is 5.56 Å². The van der Waals surface area contributed by atoms with Crippen molar-refractivity contribution in [1.29, 1.82) is 0 Å². The molecule has 0 saturated carbocycles. The summed E-state index contributed by atoms with van der Waals surface area (Å²) in [5.41, 5.74) is 3.63. The van der Waals surface area contributed by atoms with Gasteiger partial charge >= 0.3 is 0 Å². The van der Waals surface area contributed by atoms with Crippen LogP contribution in [0.4, 0.5) is 0 Å². The quantitative estimate of drug-likeness (QED) is 0.784. The molecule has 2 aromatic carbocycles. The highest BCUT2D eigenvalue weighted by Crippen LogP contribution is 2.42. The van der Waals surface area contributed by atoms with Gasteiger partial charge < -0.3 is 14.2 Å². The fourth-order valence-corrected chi connectivity index (χ4v) is 2.44. The molecule has 0 bridgehead atoms. The van der Waals surface area contributed by atoms with E-state index < -0.39 is 0 Å². The lowest BCUT2D eigenvalue weighted by Gasteiger charge is -2.15. The lowest BCUT2D eigenvalue weighted by molar-refractivity contribution is 0.377. The Balaban J connectivity index is 2.07. The largest absolute Gasteiger partial charge is 0.496 e. The molecule has 1 N–H and O–H groups in total. The molecule has 3 rings (SSSR count). The molecule has 0 aliphatic heterocycles. The first-order valence-corrected chi connectivity index (χ1v) is 7.03. The number of aromatic nitrogens is 3. The normalized spacial score (nSPS) is 10.4. The molecule has 0 fully saturated rings. The van der Waals surface area contributed by atoms with Crippen molar-refractivity contribution in [2.75, 3.05) is 21.3 Å². The highest BCUT2D eigenvalue weighted by atomic mass is 16.5. The van der Waals surface area contributed by atoms with Crippen molar-refractivity contribution in [3.8, 4) is 39.6 Å². The average Bonchev–Trinajstić information content (AvgIpc) is 3.15. The smallest absolute Gasteiger partial charge is 0.134 e. The summed E-state index contributed by atoms with van der Waals surface area (Å²) < 4.78 is 16.3. The molecule has 1 heterocycles. The summed E-state index contributed by atoms with van der Waals surface area (Å²) in [6.07, 6.45) is 1.68. The van der Waals surface area contributed by atoms with Crippen LogP contribution in [0.1, 0.15) is 0 Å². The molecule has 0 unspecified atom stereocenters. The number of nitrogens with one attached hydrogen (secondary N) is 1. The lowest BCUT2D eigenvalue weighted by Crippen LogP contribution is -1.95. The van der Waals surface area contributed by atoms with Gasteiger partial charge in [0, 0.05) is 17.7 Å². The average molecular weight is 311 g/mol. The Bertz CT molecular complexity index is 758. The Hall–Kier alpha value is -3.02. The Kier molecular flexibility index (Phi) is 4.14. The van der Waals surface area contributed by atoms with Gasteiger partial charge in [-0.2, -0.15) is 15.4 Å². The van der Waals surface area contributed by atoms with Crippen LogP contribution in [0.5, 0.6) is 17.2 Å². The molecule has 0 aliphatic carbocycles. The maximum Gasteiger partial charge on any atom is 0.134 e. The second-order valence-corrected chi connectivity index (χ2v) is 4.84.